The van der Waals surface area contributed by atoms with Crippen LogP contribution < -0.4 is 4.90 Å². The van der Waals surface area contributed by atoms with Crippen LogP contribution in [0.3, 0.4) is 0 Å². The van der Waals surface area contributed by atoms with Crippen molar-refractivity contribution in [2.75, 3.05) is 50.7 Å². The fourth-order valence-electron chi connectivity index (χ4n) is 4.79. The zero-order chi connectivity index (χ0) is 22.5. The molecule has 0 unspecified atom stereocenters. The van der Waals surface area contributed by atoms with Crippen molar-refractivity contribution < 1.29 is 9.21 Å². The van der Waals surface area contributed by atoms with Crippen molar-refractivity contribution in [3.05, 3.63) is 66.4 Å². The molecule has 33 heavy (non-hydrogen) atoms. The molecule has 0 atom stereocenters. The van der Waals surface area contributed by atoms with Crippen molar-refractivity contribution in [1.29, 1.82) is 0 Å². The molecule has 0 N–H and O–H groups in total. The van der Waals surface area contributed by atoms with E-state index in [0.29, 0.717) is 5.91 Å². The fraction of sp³-hybridized carbons (Fsp3) is 0.423. The molecule has 2 saturated heterocycles. The molecule has 2 aromatic heterocycles. The first-order chi connectivity index (χ1) is 16.3. The number of piperidine rings is 1. The second-order valence-corrected chi connectivity index (χ2v) is 8.92. The quantitative estimate of drug-likeness (QED) is 0.580. The average Bonchev–Trinajstić information content (AvgIpc) is 3.43. The van der Waals surface area contributed by atoms with Gasteiger partial charge in [0.2, 0.25) is 5.91 Å². The molecule has 2 fully saturated rings. The van der Waals surface area contributed by atoms with Gasteiger partial charge in [0.1, 0.15) is 5.69 Å². The number of rotatable bonds is 6. The van der Waals surface area contributed by atoms with Crippen LogP contribution in [-0.2, 0) is 11.2 Å². The van der Waals surface area contributed by atoms with Gasteiger partial charge in [-0.1, -0.05) is 30.3 Å². The highest BCUT2D eigenvalue weighted by Gasteiger charge is 2.30. The van der Waals surface area contributed by atoms with E-state index in [4.69, 9.17) is 4.42 Å². The third-order valence-electron chi connectivity index (χ3n) is 6.84. The Hall–Kier alpha value is -3.19. The third kappa shape index (κ3) is 5.25. The number of amides is 1. The maximum Gasteiger partial charge on any atom is 0.225 e. The number of hydrogen-bond donors (Lipinski definition) is 0. The highest BCUT2D eigenvalue weighted by Crippen LogP contribution is 2.25. The Balaban J connectivity index is 1.06. The molecule has 1 amide bonds. The van der Waals surface area contributed by atoms with Crippen LogP contribution in [-0.4, -0.2) is 71.7 Å². The van der Waals surface area contributed by atoms with Crippen LogP contribution in [0.4, 0.5) is 5.82 Å². The van der Waals surface area contributed by atoms with Gasteiger partial charge in [-0.25, -0.2) is 0 Å². The molecule has 5 rings (SSSR count). The molecule has 4 heterocycles. The van der Waals surface area contributed by atoms with E-state index in [1.807, 2.05) is 24.3 Å². The second kappa shape index (κ2) is 10.2. The topological polar surface area (TPSA) is 65.7 Å². The molecule has 0 spiro atoms. The minimum atomic E-state index is 0.118. The number of piperazine rings is 1. The van der Waals surface area contributed by atoms with Gasteiger partial charge in [-0.3, -0.25) is 9.69 Å². The van der Waals surface area contributed by atoms with E-state index < -0.39 is 0 Å². The normalized spacial score (nSPS) is 17.9. The van der Waals surface area contributed by atoms with Gasteiger partial charge in [0.25, 0.3) is 0 Å². The van der Waals surface area contributed by atoms with Gasteiger partial charge < -0.3 is 14.2 Å². The zero-order valence-electron chi connectivity index (χ0n) is 19.0. The molecule has 3 aromatic rings. The summed E-state index contributed by atoms with van der Waals surface area (Å²) < 4.78 is 5.38. The Morgan fingerprint density at radius 2 is 1.67 bits per heavy atom. The lowest BCUT2D eigenvalue weighted by molar-refractivity contribution is -0.138. The summed E-state index contributed by atoms with van der Waals surface area (Å²) in [7, 11) is 0. The summed E-state index contributed by atoms with van der Waals surface area (Å²) in [6.07, 6.45) is 4.44. The highest BCUT2D eigenvalue weighted by atomic mass is 16.3. The fourth-order valence-corrected chi connectivity index (χ4v) is 4.79. The molecule has 0 radical (unpaired) electrons. The zero-order valence-corrected chi connectivity index (χ0v) is 19.0. The van der Waals surface area contributed by atoms with Gasteiger partial charge in [0, 0.05) is 51.7 Å². The van der Waals surface area contributed by atoms with Gasteiger partial charge in [0.15, 0.2) is 11.6 Å². The number of carbonyl (C=O) groups is 1. The van der Waals surface area contributed by atoms with E-state index >= 15 is 0 Å². The van der Waals surface area contributed by atoms with Crippen molar-refractivity contribution in [1.82, 2.24) is 20.0 Å². The van der Waals surface area contributed by atoms with Crippen molar-refractivity contribution in [2.45, 2.75) is 19.3 Å². The number of furan rings is 1. The molecule has 172 valence electrons. The Kier molecular flexibility index (Phi) is 6.67. The molecule has 0 bridgehead atoms. The maximum absolute atomic E-state index is 13.1. The number of carbonyl (C=O) groups excluding carboxylic acids is 1. The Morgan fingerprint density at radius 1 is 0.879 bits per heavy atom. The number of benzene rings is 1. The number of aromatic nitrogens is 2. The van der Waals surface area contributed by atoms with Gasteiger partial charge in [-0.2, -0.15) is 0 Å². The summed E-state index contributed by atoms with van der Waals surface area (Å²) in [4.78, 5) is 19.9. The van der Waals surface area contributed by atoms with E-state index in [1.165, 1.54) is 5.56 Å². The second-order valence-electron chi connectivity index (χ2n) is 8.92. The minimum Gasteiger partial charge on any atom is -0.463 e. The summed E-state index contributed by atoms with van der Waals surface area (Å²) >= 11 is 0. The van der Waals surface area contributed by atoms with E-state index in [2.05, 4.69) is 55.2 Å². The highest BCUT2D eigenvalue weighted by molar-refractivity contribution is 5.79. The smallest absolute Gasteiger partial charge is 0.225 e. The third-order valence-corrected chi connectivity index (χ3v) is 6.84. The lowest BCUT2D eigenvalue weighted by Crippen LogP contribution is -2.52. The molecule has 0 aliphatic carbocycles. The van der Waals surface area contributed by atoms with Gasteiger partial charge in [-0.05, 0) is 49.1 Å². The van der Waals surface area contributed by atoms with Crippen LogP contribution in [0.25, 0.3) is 11.5 Å². The first-order valence-electron chi connectivity index (χ1n) is 11.9. The van der Waals surface area contributed by atoms with Gasteiger partial charge in [-0.15, -0.1) is 10.2 Å². The van der Waals surface area contributed by atoms with Crippen LogP contribution in [0.5, 0.6) is 0 Å². The SMILES string of the molecule is O=C(C1CCN(c2ccc(-c3ccco3)nn2)CC1)N1CCN(CCc2ccccc2)CC1. The van der Waals surface area contributed by atoms with Crippen molar-refractivity contribution in [3.8, 4) is 11.5 Å². The van der Waals surface area contributed by atoms with E-state index in [9.17, 15) is 4.79 Å². The summed E-state index contributed by atoms with van der Waals surface area (Å²) in [6.45, 7) is 6.35. The molecule has 0 saturated carbocycles. The first-order valence-corrected chi connectivity index (χ1v) is 11.9. The van der Waals surface area contributed by atoms with E-state index in [-0.39, 0.29) is 5.92 Å². The van der Waals surface area contributed by atoms with Gasteiger partial charge >= 0.3 is 0 Å². The van der Waals surface area contributed by atoms with Crippen LogP contribution in [0, 0.1) is 5.92 Å². The molecule has 7 nitrogen and oxygen atoms in total. The maximum atomic E-state index is 13.1. The molecular weight excluding hydrogens is 414 g/mol. The Morgan fingerprint density at radius 3 is 2.33 bits per heavy atom. The largest absolute Gasteiger partial charge is 0.463 e. The number of hydrogen-bond acceptors (Lipinski definition) is 6. The molecule has 2 aliphatic rings. The summed E-state index contributed by atoms with van der Waals surface area (Å²) in [6, 6.07) is 18.3. The van der Waals surface area contributed by atoms with Crippen molar-refractivity contribution in [2.24, 2.45) is 5.92 Å². The van der Waals surface area contributed by atoms with E-state index in [1.54, 1.807) is 6.26 Å². The summed E-state index contributed by atoms with van der Waals surface area (Å²) in [5, 5.41) is 8.68. The van der Waals surface area contributed by atoms with Crippen LogP contribution >= 0.6 is 0 Å². The standard InChI is InChI=1S/C26H31N5O2/c32-26(31-18-16-29(17-19-31)13-10-21-5-2-1-3-6-21)22-11-14-30(15-12-22)25-9-8-23(27-28-25)24-7-4-20-33-24/h1-9,20,22H,10-19H2. The predicted molar refractivity (Wildman–Crippen MR) is 128 cm³/mol. The minimum absolute atomic E-state index is 0.118. The lowest BCUT2D eigenvalue weighted by Gasteiger charge is -2.38. The van der Waals surface area contributed by atoms with Crippen molar-refractivity contribution >= 4 is 11.7 Å². The van der Waals surface area contributed by atoms with Crippen LogP contribution in [0.15, 0.2) is 65.3 Å². The summed E-state index contributed by atoms with van der Waals surface area (Å²) in [5.41, 5.74) is 2.11. The molecule has 1 aromatic carbocycles. The lowest BCUT2D eigenvalue weighted by atomic mass is 9.95. The average molecular weight is 446 g/mol. The first kappa shape index (κ1) is 21.6. The molecule has 7 heteroatoms. The molecular formula is C26H31N5O2. The number of nitrogens with zero attached hydrogens (tertiary/aromatic N) is 5. The molecule has 2 aliphatic heterocycles. The van der Waals surface area contributed by atoms with Crippen LogP contribution in [0.1, 0.15) is 18.4 Å². The van der Waals surface area contributed by atoms with Crippen molar-refractivity contribution in [3.63, 3.8) is 0 Å². The number of anilines is 1. The van der Waals surface area contributed by atoms with E-state index in [0.717, 1.165) is 82.3 Å². The Bertz CT molecular complexity index is 1010. The summed E-state index contributed by atoms with van der Waals surface area (Å²) in [5.74, 6) is 2.03. The van der Waals surface area contributed by atoms with Crippen LogP contribution in [0.2, 0.25) is 0 Å². The predicted octanol–water partition coefficient (Wildman–Crippen LogP) is 3.34. The Labute approximate surface area is 195 Å². The monoisotopic (exact) mass is 445 g/mol. The van der Waals surface area contributed by atoms with Gasteiger partial charge in [0.05, 0.1) is 6.26 Å².